The van der Waals surface area contributed by atoms with Gasteiger partial charge in [0.15, 0.2) is 0 Å². The van der Waals surface area contributed by atoms with E-state index in [0.29, 0.717) is 5.82 Å². The molecule has 0 saturated heterocycles. The third kappa shape index (κ3) is 2.53. The van der Waals surface area contributed by atoms with E-state index in [0.717, 1.165) is 24.2 Å². The highest BCUT2D eigenvalue weighted by atomic mass is 16.5. The van der Waals surface area contributed by atoms with E-state index in [4.69, 9.17) is 5.21 Å². The number of hydrogen-bond donors (Lipinski definition) is 3. The number of amides is 1. The first kappa shape index (κ1) is 13.4. The molecule has 2 aromatic heterocycles. The van der Waals surface area contributed by atoms with Gasteiger partial charge >= 0.3 is 0 Å². The number of hydroxylamine groups is 1. The van der Waals surface area contributed by atoms with Crippen LogP contribution in [0.4, 0.5) is 5.82 Å². The molecule has 0 aliphatic rings. The lowest BCUT2D eigenvalue weighted by Crippen LogP contribution is -2.27. The number of carbonyl (C=O) groups excluding carboxylic acids is 1. The van der Waals surface area contributed by atoms with E-state index < -0.39 is 5.91 Å². The maximum atomic E-state index is 11.1. The third-order valence-corrected chi connectivity index (χ3v) is 3.06. The summed E-state index contributed by atoms with van der Waals surface area (Å²) in [6, 6.07) is 5.98. The maximum absolute atomic E-state index is 11.1. The molecule has 0 saturated carbocycles. The van der Waals surface area contributed by atoms with Crippen molar-refractivity contribution in [1.82, 2.24) is 14.9 Å². The Morgan fingerprint density at radius 1 is 1.37 bits per heavy atom. The fourth-order valence-electron chi connectivity index (χ4n) is 2.17. The van der Waals surface area contributed by atoms with E-state index in [-0.39, 0.29) is 6.54 Å². The van der Waals surface area contributed by atoms with Gasteiger partial charge in [0.25, 0.3) is 5.91 Å². The van der Waals surface area contributed by atoms with Crippen molar-refractivity contribution in [3.8, 4) is 0 Å². The Morgan fingerprint density at radius 2 is 2.16 bits per heavy atom. The summed E-state index contributed by atoms with van der Waals surface area (Å²) in [5, 5.41) is 11.4. The number of hydrogen-bond acceptors (Lipinski definition) is 4. The van der Waals surface area contributed by atoms with E-state index in [1.807, 2.05) is 19.1 Å². The molecule has 0 unspecified atom stereocenters. The lowest BCUT2D eigenvalue weighted by molar-refractivity contribution is -0.127. The van der Waals surface area contributed by atoms with Gasteiger partial charge in [-0.25, -0.2) is 10.5 Å². The molecule has 0 spiro atoms. The zero-order chi connectivity index (χ0) is 13.8. The minimum atomic E-state index is -0.491. The molecule has 0 atom stereocenters. The van der Waals surface area contributed by atoms with Crippen molar-refractivity contribution in [3.63, 3.8) is 0 Å². The predicted molar refractivity (Wildman–Crippen MR) is 72.4 cm³/mol. The number of carbonyl (C=O) groups is 1. The highest BCUT2D eigenvalue weighted by Crippen LogP contribution is 2.20. The summed E-state index contributed by atoms with van der Waals surface area (Å²) in [5.74, 6) is 0.196. The van der Waals surface area contributed by atoms with Gasteiger partial charge in [-0.1, -0.05) is 19.9 Å². The summed E-state index contributed by atoms with van der Waals surface area (Å²) >= 11 is 0. The molecule has 2 rings (SSSR count). The van der Waals surface area contributed by atoms with E-state index in [1.165, 1.54) is 5.69 Å². The molecule has 2 aromatic rings. The first-order valence-corrected chi connectivity index (χ1v) is 6.37. The van der Waals surface area contributed by atoms with Gasteiger partial charge < -0.3 is 5.32 Å². The standard InChI is InChI=1S/C13H18N4O2/c1-3-9-6-5-7-11-15-13(10(4-2)17(9)11)14-8-12(18)16-19/h5-7,14,19H,3-4,8H2,1-2H3,(H,16,18). The topological polar surface area (TPSA) is 78.7 Å². The van der Waals surface area contributed by atoms with Crippen molar-refractivity contribution in [3.05, 3.63) is 29.6 Å². The number of anilines is 1. The average molecular weight is 262 g/mol. The third-order valence-electron chi connectivity index (χ3n) is 3.06. The molecule has 0 aliphatic carbocycles. The maximum Gasteiger partial charge on any atom is 0.262 e. The summed E-state index contributed by atoms with van der Waals surface area (Å²) in [5.41, 5.74) is 4.68. The lowest BCUT2D eigenvalue weighted by Gasteiger charge is -2.07. The lowest BCUT2D eigenvalue weighted by atomic mass is 10.2. The van der Waals surface area contributed by atoms with Crippen LogP contribution in [0.2, 0.25) is 0 Å². The molecule has 0 fully saturated rings. The zero-order valence-electron chi connectivity index (χ0n) is 11.1. The molecule has 6 heteroatoms. The largest absolute Gasteiger partial charge is 0.359 e. The predicted octanol–water partition coefficient (Wildman–Crippen LogP) is 1.38. The molecule has 0 radical (unpaired) electrons. The Balaban J connectivity index is 2.41. The van der Waals surface area contributed by atoms with Crippen LogP contribution in [0.3, 0.4) is 0 Å². The SMILES string of the molecule is CCc1cccc2nc(NCC(=O)NO)c(CC)n12. The first-order chi connectivity index (χ1) is 9.21. The molecule has 3 N–H and O–H groups in total. The second-order valence-corrected chi connectivity index (χ2v) is 4.21. The quantitative estimate of drug-likeness (QED) is 0.562. The van der Waals surface area contributed by atoms with Crippen molar-refractivity contribution >= 4 is 17.4 Å². The van der Waals surface area contributed by atoms with Crippen LogP contribution in [0.5, 0.6) is 0 Å². The Kier molecular flexibility index (Phi) is 4.01. The normalized spacial score (nSPS) is 10.7. The number of aromatic nitrogens is 2. The Labute approximate surface area is 111 Å². The minimum Gasteiger partial charge on any atom is -0.359 e. The second-order valence-electron chi connectivity index (χ2n) is 4.21. The number of nitrogens with one attached hydrogen (secondary N) is 2. The Bertz CT molecular complexity index is 592. The van der Waals surface area contributed by atoms with Crippen LogP contribution in [0, 0.1) is 0 Å². The zero-order valence-corrected chi connectivity index (χ0v) is 11.1. The van der Waals surface area contributed by atoms with Crippen molar-refractivity contribution in [2.24, 2.45) is 0 Å². The summed E-state index contributed by atoms with van der Waals surface area (Å²) in [6.07, 6.45) is 1.72. The first-order valence-electron chi connectivity index (χ1n) is 6.37. The number of imidazole rings is 1. The molecule has 0 bridgehead atoms. The second kappa shape index (κ2) is 5.71. The van der Waals surface area contributed by atoms with Gasteiger partial charge in [-0.05, 0) is 25.0 Å². The molecular weight excluding hydrogens is 244 g/mol. The number of aryl methyl sites for hydroxylation is 2. The Hall–Kier alpha value is -2.08. The fourth-order valence-corrected chi connectivity index (χ4v) is 2.17. The van der Waals surface area contributed by atoms with Crippen molar-refractivity contribution in [1.29, 1.82) is 0 Å². The average Bonchev–Trinajstić information content (AvgIpc) is 2.81. The highest BCUT2D eigenvalue weighted by molar-refractivity contribution is 5.79. The van der Waals surface area contributed by atoms with Crippen molar-refractivity contribution < 1.29 is 10.0 Å². The van der Waals surface area contributed by atoms with Gasteiger partial charge in [-0.2, -0.15) is 0 Å². The number of rotatable bonds is 5. The number of fused-ring (bicyclic) bond motifs is 1. The highest BCUT2D eigenvalue weighted by Gasteiger charge is 2.13. The summed E-state index contributed by atoms with van der Waals surface area (Å²) < 4.78 is 2.11. The van der Waals surface area contributed by atoms with Crippen LogP contribution < -0.4 is 10.8 Å². The smallest absolute Gasteiger partial charge is 0.262 e. The van der Waals surface area contributed by atoms with Crippen LogP contribution in [-0.4, -0.2) is 27.0 Å². The summed E-state index contributed by atoms with van der Waals surface area (Å²) in [6.45, 7) is 4.14. The van der Waals surface area contributed by atoms with E-state index >= 15 is 0 Å². The van der Waals surface area contributed by atoms with Crippen LogP contribution in [0.1, 0.15) is 25.2 Å². The molecule has 2 heterocycles. The van der Waals surface area contributed by atoms with Crippen LogP contribution in [-0.2, 0) is 17.6 Å². The van der Waals surface area contributed by atoms with Gasteiger partial charge in [0.05, 0.1) is 12.2 Å². The molecule has 0 aliphatic heterocycles. The molecule has 6 nitrogen and oxygen atoms in total. The Morgan fingerprint density at radius 3 is 2.79 bits per heavy atom. The summed E-state index contributed by atoms with van der Waals surface area (Å²) in [7, 11) is 0. The molecule has 102 valence electrons. The minimum absolute atomic E-state index is 0.00512. The summed E-state index contributed by atoms with van der Waals surface area (Å²) in [4.78, 5) is 15.6. The fraction of sp³-hybridized carbons (Fsp3) is 0.385. The van der Waals surface area contributed by atoms with Gasteiger partial charge in [0, 0.05) is 5.69 Å². The molecular formula is C13H18N4O2. The molecule has 19 heavy (non-hydrogen) atoms. The molecule has 1 amide bonds. The van der Waals surface area contributed by atoms with E-state index in [2.05, 4.69) is 27.7 Å². The number of pyridine rings is 1. The van der Waals surface area contributed by atoms with E-state index in [9.17, 15) is 4.79 Å². The van der Waals surface area contributed by atoms with E-state index in [1.54, 1.807) is 5.48 Å². The van der Waals surface area contributed by atoms with Crippen molar-refractivity contribution in [2.75, 3.05) is 11.9 Å². The van der Waals surface area contributed by atoms with Gasteiger partial charge in [-0.15, -0.1) is 0 Å². The van der Waals surface area contributed by atoms with Gasteiger partial charge in [0.1, 0.15) is 11.5 Å². The van der Waals surface area contributed by atoms with Crippen LogP contribution in [0.15, 0.2) is 18.2 Å². The van der Waals surface area contributed by atoms with Crippen LogP contribution >= 0.6 is 0 Å². The number of nitrogens with zero attached hydrogens (tertiary/aromatic N) is 2. The van der Waals surface area contributed by atoms with Gasteiger partial charge in [-0.3, -0.25) is 14.4 Å². The monoisotopic (exact) mass is 262 g/mol. The van der Waals surface area contributed by atoms with Crippen LogP contribution in [0.25, 0.3) is 5.65 Å². The van der Waals surface area contributed by atoms with Crippen molar-refractivity contribution in [2.45, 2.75) is 26.7 Å². The van der Waals surface area contributed by atoms with Gasteiger partial charge in [0.2, 0.25) is 0 Å². The molecule has 0 aromatic carbocycles.